The first-order valence-electron chi connectivity index (χ1n) is 4.14. The van der Waals surface area contributed by atoms with Gasteiger partial charge in [-0.2, -0.15) is 5.26 Å². The molecule has 0 radical (unpaired) electrons. The van der Waals surface area contributed by atoms with E-state index in [4.69, 9.17) is 15.7 Å². The van der Waals surface area contributed by atoms with Gasteiger partial charge in [0.1, 0.15) is 17.9 Å². The Bertz CT molecular complexity index is 369. The van der Waals surface area contributed by atoms with E-state index in [1.165, 1.54) is 0 Å². The van der Waals surface area contributed by atoms with Gasteiger partial charge >= 0.3 is 0 Å². The first-order chi connectivity index (χ1) is 6.23. The molecule has 3 heteroatoms. The molecule has 1 atom stereocenters. The molecule has 0 fully saturated rings. The summed E-state index contributed by atoms with van der Waals surface area (Å²) >= 11 is 0. The van der Waals surface area contributed by atoms with Gasteiger partial charge < -0.3 is 10.5 Å². The molecule has 2 N–H and O–H groups in total. The first kappa shape index (κ1) is 8.09. The van der Waals surface area contributed by atoms with Gasteiger partial charge in [0.05, 0.1) is 6.07 Å². The van der Waals surface area contributed by atoms with Gasteiger partial charge in [-0.3, -0.25) is 0 Å². The highest BCUT2D eigenvalue weighted by molar-refractivity contribution is 5.38. The molecule has 0 spiro atoms. The Morgan fingerprint density at radius 2 is 2.23 bits per heavy atom. The molecule has 1 heterocycles. The second kappa shape index (κ2) is 2.75. The lowest BCUT2D eigenvalue weighted by atomic mass is 9.91. The maximum Gasteiger partial charge on any atom is 0.142 e. The summed E-state index contributed by atoms with van der Waals surface area (Å²) in [5.74, 6) is 0.846. The van der Waals surface area contributed by atoms with Crippen LogP contribution in [0.2, 0.25) is 0 Å². The molecule has 1 aliphatic heterocycles. The SMILES string of the molecule is N#CC1(N)COc2ccccc2C1. The molecule has 0 bridgehead atoms. The molecule has 0 amide bonds. The zero-order valence-electron chi connectivity index (χ0n) is 7.16. The molecule has 66 valence electrons. The van der Waals surface area contributed by atoms with Crippen LogP contribution in [0.4, 0.5) is 0 Å². The third kappa shape index (κ3) is 1.36. The predicted molar refractivity (Wildman–Crippen MR) is 48.2 cm³/mol. The number of para-hydroxylation sites is 1. The number of nitrogens with two attached hydrogens (primary N) is 1. The number of nitrogens with zero attached hydrogens (tertiary/aromatic N) is 1. The molecular weight excluding hydrogens is 164 g/mol. The summed E-state index contributed by atoms with van der Waals surface area (Å²) in [6.07, 6.45) is 0.569. The second-order valence-electron chi connectivity index (χ2n) is 3.34. The highest BCUT2D eigenvalue weighted by Crippen LogP contribution is 2.27. The lowest BCUT2D eigenvalue weighted by Gasteiger charge is -2.28. The van der Waals surface area contributed by atoms with E-state index in [-0.39, 0.29) is 6.61 Å². The monoisotopic (exact) mass is 174 g/mol. The molecule has 0 aromatic heterocycles. The Balaban J connectivity index is 2.36. The highest BCUT2D eigenvalue weighted by Gasteiger charge is 2.31. The van der Waals surface area contributed by atoms with Gasteiger partial charge in [0, 0.05) is 6.42 Å². The van der Waals surface area contributed by atoms with Crippen LogP contribution in [0.5, 0.6) is 5.75 Å². The quantitative estimate of drug-likeness (QED) is 0.634. The maximum absolute atomic E-state index is 8.82. The second-order valence-corrected chi connectivity index (χ2v) is 3.34. The number of ether oxygens (including phenoxy) is 1. The standard InChI is InChI=1S/C10H10N2O/c11-6-10(12)5-8-3-1-2-4-9(8)13-7-10/h1-4H,5,7,12H2. The topological polar surface area (TPSA) is 59.0 Å². The van der Waals surface area contributed by atoms with E-state index in [9.17, 15) is 0 Å². The normalized spacial score (nSPS) is 25.5. The molecular formula is C10H10N2O. The Hall–Kier alpha value is -1.53. The molecule has 1 aromatic carbocycles. The summed E-state index contributed by atoms with van der Waals surface area (Å²) in [6, 6.07) is 9.74. The maximum atomic E-state index is 8.82. The number of fused-ring (bicyclic) bond motifs is 1. The Labute approximate surface area is 76.7 Å². The van der Waals surface area contributed by atoms with Gasteiger partial charge in [-0.1, -0.05) is 18.2 Å². The number of hydrogen-bond acceptors (Lipinski definition) is 3. The van der Waals surface area contributed by atoms with E-state index < -0.39 is 5.54 Å². The molecule has 1 unspecified atom stereocenters. The van der Waals surface area contributed by atoms with Crippen LogP contribution >= 0.6 is 0 Å². The smallest absolute Gasteiger partial charge is 0.142 e. The van der Waals surface area contributed by atoms with Crippen molar-refractivity contribution in [3.8, 4) is 11.8 Å². The third-order valence-corrected chi connectivity index (χ3v) is 2.19. The van der Waals surface area contributed by atoms with Gasteiger partial charge in [-0.25, -0.2) is 0 Å². The van der Waals surface area contributed by atoms with Crippen LogP contribution in [0.15, 0.2) is 24.3 Å². The summed E-state index contributed by atoms with van der Waals surface area (Å²) in [5, 5.41) is 8.82. The van der Waals surface area contributed by atoms with E-state index in [2.05, 4.69) is 6.07 Å². The molecule has 0 saturated heterocycles. The number of rotatable bonds is 0. The van der Waals surface area contributed by atoms with Crippen molar-refractivity contribution < 1.29 is 4.74 Å². The molecule has 3 nitrogen and oxygen atoms in total. The van der Waals surface area contributed by atoms with Crippen LogP contribution in [0.3, 0.4) is 0 Å². The molecule has 0 saturated carbocycles. The minimum atomic E-state index is -0.853. The van der Waals surface area contributed by atoms with Crippen LogP contribution in [0, 0.1) is 11.3 Å². The van der Waals surface area contributed by atoms with Crippen molar-refractivity contribution in [1.29, 1.82) is 5.26 Å². The van der Waals surface area contributed by atoms with Gasteiger partial charge in [0.15, 0.2) is 0 Å². The fraction of sp³-hybridized carbons (Fsp3) is 0.300. The summed E-state index contributed by atoms with van der Waals surface area (Å²) in [6.45, 7) is 0.278. The average molecular weight is 174 g/mol. The lowest BCUT2D eigenvalue weighted by Crippen LogP contribution is -2.48. The summed E-state index contributed by atoms with van der Waals surface area (Å²) in [5.41, 5.74) is 5.95. The number of benzene rings is 1. The zero-order chi connectivity index (χ0) is 9.31. The summed E-state index contributed by atoms with van der Waals surface area (Å²) < 4.78 is 5.38. The molecule has 13 heavy (non-hydrogen) atoms. The van der Waals surface area contributed by atoms with E-state index in [0.717, 1.165) is 11.3 Å². The van der Waals surface area contributed by atoms with E-state index in [1.807, 2.05) is 24.3 Å². The fourth-order valence-electron chi connectivity index (χ4n) is 1.46. The van der Waals surface area contributed by atoms with Crippen LogP contribution in [0.1, 0.15) is 5.56 Å². The van der Waals surface area contributed by atoms with Crippen molar-refractivity contribution in [3.63, 3.8) is 0 Å². The lowest BCUT2D eigenvalue weighted by molar-refractivity contribution is 0.227. The van der Waals surface area contributed by atoms with Gasteiger partial charge in [-0.15, -0.1) is 0 Å². The fourth-order valence-corrected chi connectivity index (χ4v) is 1.46. The molecule has 1 aliphatic rings. The summed E-state index contributed by atoms with van der Waals surface area (Å²) in [4.78, 5) is 0. The van der Waals surface area contributed by atoms with Gasteiger partial charge in [0.2, 0.25) is 0 Å². The van der Waals surface area contributed by atoms with Crippen molar-refractivity contribution in [1.82, 2.24) is 0 Å². The van der Waals surface area contributed by atoms with Crippen LogP contribution in [-0.4, -0.2) is 12.1 Å². The molecule has 1 aromatic rings. The van der Waals surface area contributed by atoms with Crippen molar-refractivity contribution >= 4 is 0 Å². The molecule has 2 rings (SSSR count). The third-order valence-electron chi connectivity index (χ3n) is 2.19. The molecule has 0 aliphatic carbocycles. The zero-order valence-corrected chi connectivity index (χ0v) is 7.16. The van der Waals surface area contributed by atoms with E-state index in [1.54, 1.807) is 0 Å². The van der Waals surface area contributed by atoms with Crippen molar-refractivity contribution in [2.24, 2.45) is 5.73 Å². The van der Waals surface area contributed by atoms with Gasteiger partial charge in [0.25, 0.3) is 0 Å². The minimum absolute atomic E-state index is 0.278. The Kier molecular flexibility index (Phi) is 1.71. The van der Waals surface area contributed by atoms with E-state index in [0.29, 0.717) is 6.42 Å². The first-order valence-corrected chi connectivity index (χ1v) is 4.14. The summed E-state index contributed by atoms with van der Waals surface area (Å²) in [7, 11) is 0. The average Bonchev–Trinajstić information content (AvgIpc) is 2.18. The largest absolute Gasteiger partial charge is 0.490 e. The van der Waals surface area contributed by atoms with Crippen LogP contribution < -0.4 is 10.5 Å². The van der Waals surface area contributed by atoms with Crippen molar-refractivity contribution in [2.75, 3.05) is 6.61 Å². The van der Waals surface area contributed by atoms with Crippen LogP contribution in [0.25, 0.3) is 0 Å². The number of nitriles is 1. The Morgan fingerprint density at radius 1 is 1.46 bits per heavy atom. The highest BCUT2D eigenvalue weighted by atomic mass is 16.5. The van der Waals surface area contributed by atoms with Crippen LogP contribution in [-0.2, 0) is 6.42 Å². The minimum Gasteiger partial charge on any atom is -0.490 e. The predicted octanol–water partition coefficient (Wildman–Crippen LogP) is 0.843. The van der Waals surface area contributed by atoms with E-state index >= 15 is 0 Å². The Morgan fingerprint density at radius 3 is 3.00 bits per heavy atom. The van der Waals surface area contributed by atoms with Gasteiger partial charge in [-0.05, 0) is 11.6 Å². The number of hydrogen-bond donors (Lipinski definition) is 1. The van der Waals surface area contributed by atoms with Crippen molar-refractivity contribution in [2.45, 2.75) is 12.0 Å². The van der Waals surface area contributed by atoms with Crippen molar-refractivity contribution in [3.05, 3.63) is 29.8 Å².